The molecule has 0 unspecified atom stereocenters. The van der Waals surface area contributed by atoms with E-state index in [-0.39, 0.29) is 11.2 Å². The van der Waals surface area contributed by atoms with Gasteiger partial charge in [-0.05, 0) is 42.2 Å². The van der Waals surface area contributed by atoms with Crippen LogP contribution < -0.4 is 0 Å². The maximum Gasteiger partial charge on any atom is 0.164 e. The molecule has 1 saturated carbocycles. The van der Waals surface area contributed by atoms with E-state index in [4.69, 9.17) is 23.2 Å². The van der Waals surface area contributed by atoms with Crippen LogP contribution in [0, 0.1) is 5.41 Å². The average molecular weight is 269 g/mol. The van der Waals surface area contributed by atoms with E-state index in [1.54, 1.807) is 12.1 Å². The summed E-state index contributed by atoms with van der Waals surface area (Å²) in [5.41, 5.74) is 1.49. The lowest BCUT2D eigenvalue weighted by Crippen LogP contribution is -2.17. The van der Waals surface area contributed by atoms with E-state index in [1.165, 1.54) is 0 Å². The molecule has 0 aromatic heterocycles. The van der Waals surface area contributed by atoms with Crippen molar-refractivity contribution in [3.8, 4) is 0 Å². The molecule has 1 aromatic carbocycles. The number of benzene rings is 1. The Morgan fingerprint density at radius 2 is 2.00 bits per heavy atom. The number of Topliss-reactive ketones (excluding diaryl/α,β-unsaturated/α-hetero) is 1. The van der Waals surface area contributed by atoms with Gasteiger partial charge in [0.15, 0.2) is 5.78 Å². The molecule has 1 aliphatic carbocycles. The summed E-state index contributed by atoms with van der Waals surface area (Å²) in [6, 6.07) is 5.32. The van der Waals surface area contributed by atoms with Crippen LogP contribution in [0.25, 0.3) is 6.08 Å². The quantitative estimate of drug-likeness (QED) is 0.671. The highest BCUT2D eigenvalue weighted by atomic mass is 35.5. The number of hydrogen-bond donors (Lipinski definition) is 0. The molecule has 0 bridgehead atoms. The fourth-order valence-corrected chi connectivity index (χ4v) is 2.52. The number of carbonyl (C=O) groups excluding carboxylic acids is 1. The third kappa shape index (κ3) is 2.56. The van der Waals surface area contributed by atoms with Crippen LogP contribution in [0.5, 0.6) is 0 Å². The maximum atomic E-state index is 12.1. The van der Waals surface area contributed by atoms with Gasteiger partial charge in [0.2, 0.25) is 0 Å². The number of hydrogen-bond acceptors (Lipinski definition) is 1. The normalized spacial score (nSPS) is 21.2. The van der Waals surface area contributed by atoms with Crippen molar-refractivity contribution in [2.24, 2.45) is 5.41 Å². The van der Waals surface area contributed by atoms with Gasteiger partial charge >= 0.3 is 0 Å². The van der Waals surface area contributed by atoms with Gasteiger partial charge in [-0.15, -0.1) is 0 Å². The molecule has 0 saturated heterocycles. The highest BCUT2D eigenvalue weighted by molar-refractivity contribution is 6.35. The SMILES string of the molecule is CC1(C)CC/C(=C\c2ccc(Cl)cc2Cl)C1=O. The van der Waals surface area contributed by atoms with Gasteiger partial charge in [0.25, 0.3) is 0 Å². The summed E-state index contributed by atoms with van der Waals surface area (Å²) in [5, 5.41) is 1.19. The Hall–Kier alpha value is -0.790. The van der Waals surface area contributed by atoms with Crippen molar-refractivity contribution in [3.05, 3.63) is 39.4 Å². The summed E-state index contributed by atoms with van der Waals surface area (Å²) in [6.07, 6.45) is 3.61. The Morgan fingerprint density at radius 3 is 2.53 bits per heavy atom. The molecule has 1 nitrogen and oxygen atoms in total. The molecule has 0 atom stereocenters. The summed E-state index contributed by atoms with van der Waals surface area (Å²) >= 11 is 11.9. The first-order chi connectivity index (χ1) is 7.90. The van der Waals surface area contributed by atoms with E-state index in [0.29, 0.717) is 10.0 Å². The zero-order chi connectivity index (χ0) is 12.6. The topological polar surface area (TPSA) is 17.1 Å². The van der Waals surface area contributed by atoms with Crippen molar-refractivity contribution in [2.75, 3.05) is 0 Å². The first-order valence-electron chi connectivity index (χ1n) is 5.60. The summed E-state index contributed by atoms with van der Waals surface area (Å²) < 4.78 is 0. The Balaban J connectivity index is 2.35. The lowest BCUT2D eigenvalue weighted by Gasteiger charge is -2.12. The molecule has 90 valence electrons. The van der Waals surface area contributed by atoms with Gasteiger partial charge in [-0.3, -0.25) is 4.79 Å². The Labute approximate surface area is 111 Å². The summed E-state index contributed by atoms with van der Waals surface area (Å²) in [6.45, 7) is 3.97. The van der Waals surface area contributed by atoms with Gasteiger partial charge in [0.05, 0.1) is 0 Å². The second-order valence-corrected chi connectivity index (χ2v) is 5.89. The second-order valence-electron chi connectivity index (χ2n) is 5.05. The van der Waals surface area contributed by atoms with Crippen LogP contribution >= 0.6 is 23.2 Å². The molecule has 0 N–H and O–H groups in total. The second kappa shape index (κ2) is 4.47. The number of allylic oxidation sites excluding steroid dienone is 1. The Kier molecular flexibility index (Phi) is 3.33. The number of ketones is 1. The van der Waals surface area contributed by atoms with E-state index >= 15 is 0 Å². The van der Waals surface area contributed by atoms with Gasteiger partial charge in [-0.1, -0.05) is 43.1 Å². The minimum atomic E-state index is -0.231. The molecule has 0 aliphatic heterocycles. The van der Waals surface area contributed by atoms with Crippen LogP contribution in [0.3, 0.4) is 0 Å². The summed E-state index contributed by atoms with van der Waals surface area (Å²) in [7, 11) is 0. The van der Waals surface area contributed by atoms with Gasteiger partial charge in [0, 0.05) is 15.5 Å². The number of carbonyl (C=O) groups is 1. The molecular weight excluding hydrogens is 255 g/mol. The minimum Gasteiger partial charge on any atom is -0.294 e. The molecule has 0 heterocycles. The lowest BCUT2D eigenvalue weighted by atomic mass is 9.90. The Bertz CT molecular complexity index is 501. The van der Waals surface area contributed by atoms with Crippen LogP contribution in [-0.2, 0) is 4.79 Å². The molecule has 2 rings (SSSR count). The zero-order valence-electron chi connectivity index (χ0n) is 9.89. The predicted molar refractivity (Wildman–Crippen MR) is 72.5 cm³/mol. The highest BCUT2D eigenvalue weighted by Crippen LogP contribution is 2.38. The zero-order valence-corrected chi connectivity index (χ0v) is 11.4. The van der Waals surface area contributed by atoms with Crippen LogP contribution in [0.4, 0.5) is 0 Å². The van der Waals surface area contributed by atoms with Crippen molar-refractivity contribution < 1.29 is 4.79 Å². The van der Waals surface area contributed by atoms with E-state index in [1.807, 2.05) is 26.0 Å². The summed E-state index contributed by atoms with van der Waals surface area (Å²) in [4.78, 5) is 12.1. The highest BCUT2D eigenvalue weighted by Gasteiger charge is 2.36. The smallest absolute Gasteiger partial charge is 0.164 e. The largest absolute Gasteiger partial charge is 0.294 e. The molecule has 0 radical (unpaired) electrons. The van der Waals surface area contributed by atoms with Crippen LogP contribution in [0.15, 0.2) is 23.8 Å². The first-order valence-corrected chi connectivity index (χ1v) is 6.36. The van der Waals surface area contributed by atoms with Crippen molar-refractivity contribution in [1.29, 1.82) is 0 Å². The third-order valence-electron chi connectivity index (χ3n) is 3.22. The van der Waals surface area contributed by atoms with Crippen molar-refractivity contribution >= 4 is 35.1 Å². The molecule has 1 aromatic rings. The fraction of sp³-hybridized carbons (Fsp3) is 0.357. The van der Waals surface area contributed by atoms with Crippen LogP contribution in [0.1, 0.15) is 32.3 Å². The lowest BCUT2D eigenvalue weighted by molar-refractivity contribution is -0.121. The van der Waals surface area contributed by atoms with Crippen molar-refractivity contribution in [3.63, 3.8) is 0 Å². The van der Waals surface area contributed by atoms with E-state index in [9.17, 15) is 4.79 Å². The minimum absolute atomic E-state index is 0.225. The third-order valence-corrected chi connectivity index (χ3v) is 3.78. The Morgan fingerprint density at radius 1 is 1.29 bits per heavy atom. The maximum absolute atomic E-state index is 12.1. The standard InChI is InChI=1S/C14H14Cl2O/c1-14(2)6-5-10(13(14)17)7-9-3-4-11(15)8-12(9)16/h3-4,7-8H,5-6H2,1-2H3/b10-7+. The number of halogens is 2. The molecule has 3 heteroatoms. The average Bonchev–Trinajstić information content (AvgIpc) is 2.49. The molecule has 1 aliphatic rings. The molecule has 0 amide bonds. The van der Waals surface area contributed by atoms with E-state index in [2.05, 4.69) is 0 Å². The van der Waals surface area contributed by atoms with Gasteiger partial charge < -0.3 is 0 Å². The predicted octanol–water partition coefficient (Wildman–Crippen LogP) is 4.77. The number of rotatable bonds is 1. The molecular formula is C14H14Cl2O. The van der Waals surface area contributed by atoms with Crippen molar-refractivity contribution in [1.82, 2.24) is 0 Å². The summed E-state index contributed by atoms with van der Waals surface area (Å²) in [5.74, 6) is 0.225. The monoisotopic (exact) mass is 268 g/mol. The molecule has 1 fully saturated rings. The molecule has 17 heavy (non-hydrogen) atoms. The molecule has 0 spiro atoms. The first kappa shape index (κ1) is 12.7. The van der Waals surface area contributed by atoms with Gasteiger partial charge in [-0.2, -0.15) is 0 Å². The fourth-order valence-electron chi connectivity index (χ4n) is 2.05. The van der Waals surface area contributed by atoms with E-state index < -0.39 is 0 Å². The van der Waals surface area contributed by atoms with Gasteiger partial charge in [-0.25, -0.2) is 0 Å². The van der Waals surface area contributed by atoms with Crippen LogP contribution in [0.2, 0.25) is 10.0 Å². The van der Waals surface area contributed by atoms with Crippen LogP contribution in [-0.4, -0.2) is 5.78 Å². The van der Waals surface area contributed by atoms with E-state index in [0.717, 1.165) is 24.0 Å². The van der Waals surface area contributed by atoms with Crippen molar-refractivity contribution in [2.45, 2.75) is 26.7 Å². The van der Waals surface area contributed by atoms with Gasteiger partial charge in [0.1, 0.15) is 0 Å².